The minimum Gasteiger partial charge on any atom is -0.492 e. The number of fused-ring (bicyclic) bond motifs is 1. The maximum atomic E-state index is 6.35. The van der Waals surface area contributed by atoms with E-state index in [0.717, 1.165) is 55.3 Å². The van der Waals surface area contributed by atoms with Crippen molar-refractivity contribution in [3.8, 4) is 17.2 Å². The van der Waals surface area contributed by atoms with Gasteiger partial charge in [0, 0.05) is 10.9 Å². The molecule has 1 aliphatic carbocycles. The van der Waals surface area contributed by atoms with Gasteiger partial charge in [-0.25, -0.2) is 0 Å². The largest absolute Gasteiger partial charge is 0.492 e. The van der Waals surface area contributed by atoms with Crippen molar-refractivity contribution in [1.29, 1.82) is 0 Å². The molecule has 0 bridgehead atoms. The minimum atomic E-state index is 0.387. The van der Waals surface area contributed by atoms with Crippen LogP contribution in [0.25, 0.3) is 11.5 Å². The summed E-state index contributed by atoms with van der Waals surface area (Å²) in [7, 11) is 0. The summed E-state index contributed by atoms with van der Waals surface area (Å²) in [6.07, 6.45) is 8.25. The van der Waals surface area contributed by atoms with Gasteiger partial charge in [-0.15, -0.1) is 10.2 Å². The molecule has 144 valence electrons. The van der Waals surface area contributed by atoms with Crippen molar-refractivity contribution in [2.75, 3.05) is 19.7 Å². The van der Waals surface area contributed by atoms with Crippen LogP contribution in [0.3, 0.4) is 0 Å². The van der Waals surface area contributed by atoms with Crippen molar-refractivity contribution in [3.05, 3.63) is 28.6 Å². The Hall–Kier alpha value is -1.59. The van der Waals surface area contributed by atoms with Gasteiger partial charge in [0.1, 0.15) is 5.75 Å². The lowest BCUT2D eigenvalue weighted by molar-refractivity contribution is 0.156. The summed E-state index contributed by atoms with van der Waals surface area (Å²) in [5.74, 6) is 3.93. The van der Waals surface area contributed by atoms with Crippen LogP contribution in [0.2, 0.25) is 5.02 Å². The van der Waals surface area contributed by atoms with E-state index in [1.165, 1.54) is 32.1 Å². The molecule has 6 heteroatoms. The highest BCUT2D eigenvalue weighted by Crippen LogP contribution is 2.46. The molecule has 27 heavy (non-hydrogen) atoms. The van der Waals surface area contributed by atoms with E-state index in [4.69, 9.17) is 20.8 Å². The lowest BCUT2D eigenvalue weighted by Crippen LogP contribution is -2.35. The van der Waals surface area contributed by atoms with Crippen LogP contribution in [0.1, 0.15) is 55.9 Å². The van der Waals surface area contributed by atoms with E-state index in [2.05, 4.69) is 15.5 Å². The third kappa shape index (κ3) is 3.36. The van der Waals surface area contributed by atoms with E-state index in [9.17, 15) is 0 Å². The number of ether oxygens (including phenoxy) is 1. The summed E-state index contributed by atoms with van der Waals surface area (Å²) in [5.41, 5.74) is 1.98. The zero-order valence-corrected chi connectivity index (χ0v) is 16.3. The Balaban J connectivity index is 1.49. The lowest BCUT2D eigenvalue weighted by Gasteiger charge is -2.38. The van der Waals surface area contributed by atoms with E-state index in [1.54, 1.807) is 0 Å². The van der Waals surface area contributed by atoms with E-state index >= 15 is 0 Å². The molecule has 1 aromatic carbocycles. The maximum Gasteiger partial charge on any atom is 0.251 e. The molecule has 0 radical (unpaired) electrons. The van der Waals surface area contributed by atoms with Crippen LogP contribution in [0.15, 0.2) is 16.5 Å². The second-order valence-corrected chi connectivity index (χ2v) is 8.58. The van der Waals surface area contributed by atoms with Crippen LogP contribution in [0.5, 0.6) is 5.75 Å². The number of nitrogens with one attached hydrogen (secondary N) is 1. The van der Waals surface area contributed by atoms with E-state index < -0.39 is 0 Å². The summed E-state index contributed by atoms with van der Waals surface area (Å²) in [5, 5.41) is 13.1. The Labute approximate surface area is 164 Å². The molecule has 2 aromatic rings. The Morgan fingerprint density at radius 3 is 2.63 bits per heavy atom. The van der Waals surface area contributed by atoms with Gasteiger partial charge in [-0.05, 0) is 81.1 Å². The fraction of sp³-hybridized carbons (Fsp3) is 0.619. The van der Waals surface area contributed by atoms with Gasteiger partial charge in [-0.1, -0.05) is 18.0 Å². The zero-order valence-electron chi connectivity index (χ0n) is 15.5. The van der Waals surface area contributed by atoms with Gasteiger partial charge in [-0.2, -0.15) is 0 Å². The standard InChI is InChI=1S/C21H26ClN3O2/c22-16-11-15-5-2-10-26-19(15)17(12-16)20-24-25-21(27-20)18(13-3-1-4-13)14-6-8-23-9-7-14/h11-14,18,23H,1-10H2. The minimum absolute atomic E-state index is 0.387. The smallest absolute Gasteiger partial charge is 0.251 e. The fourth-order valence-electron chi connectivity index (χ4n) is 4.87. The SMILES string of the molecule is Clc1cc2c(c(-c3nnc(C(C4CCC4)C4CCNCC4)o3)c1)OCCC2. The molecule has 3 heterocycles. The van der Waals surface area contributed by atoms with Crippen molar-refractivity contribution >= 4 is 11.6 Å². The number of benzene rings is 1. The molecule has 0 amide bonds. The summed E-state index contributed by atoms with van der Waals surface area (Å²) in [6.45, 7) is 2.90. The third-order valence-corrected chi connectivity index (χ3v) is 6.69. The Morgan fingerprint density at radius 2 is 1.85 bits per heavy atom. The number of aromatic nitrogens is 2. The molecule has 0 spiro atoms. The van der Waals surface area contributed by atoms with Gasteiger partial charge in [-0.3, -0.25) is 0 Å². The number of piperidine rings is 1. The molecule has 1 unspecified atom stereocenters. The second kappa shape index (κ2) is 7.44. The number of hydrogen-bond donors (Lipinski definition) is 1. The molecule has 1 atom stereocenters. The van der Waals surface area contributed by atoms with Crippen molar-refractivity contribution in [2.24, 2.45) is 11.8 Å². The average molecular weight is 388 g/mol. The monoisotopic (exact) mass is 387 g/mol. The van der Waals surface area contributed by atoms with Crippen LogP contribution < -0.4 is 10.1 Å². The highest BCUT2D eigenvalue weighted by Gasteiger charge is 2.38. The molecule has 1 saturated heterocycles. The number of hydrogen-bond acceptors (Lipinski definition) is 5. The van der Waals surface area contributed by atoms with Gasteiger partial charge >= 0.3 is 0 Å². The molecule has 3 aliphatic rings. The Kier molecular flexibility index (Phi) is 4.82. The zero-order chi connectivity index (χ0) is 18.2. The quantitative estimate of drug-likeness (QED) is 0.830. The molecule has 5 rings (SSSR count). The summed E-state index contributed by atoms with van der Waals surface area (Å²) < 4.78 is 12.2. The first-order valence-electron chi connectivity index (χ1n) is 10.3. The number of aryl methyl sites for hydroxylation is 1. The van der Waals surface area contributed by atoms with Gasteiger partial charge in [0.25, 0.3) is 5.89 Å². The van der Waals surface area contributed by atoms with Gasteiger partial charge in [0.15, 0.2) is 0 Å². The molecular formula is C21H26ClN3O2. The van der Waals surface area contributed by atoms with Crippen LogP contribution >= 0.6 is 11.6 Å². The first-order chi connectivity index (χ1) is 13.3. The van der Waals surface area contributed by atoms with Crippen molar-refractivity contribution in [3.63, 3.8) is 0 Å². The first kappa shape index (κ1) is 17.5. The first-order valence-corrected chi connectivity index (χ1v) is 10.7. The van der Waals surface area contributed by atoms with E-state index in [1.807, 2.05) is 12.1 Å². The molecule has 1 saturated carbocycles. The third-order valence-electron chi connectivity index (χ3n) is 6.47. The van der Waals surface area contributed by atoms with Crippen molar-refractivity contribution in [2.45, 2.75) is 50.9 Å². The Bertz CT molecular complexity index is 812. The number of nitrogens with zero attached hydrogens (tertiary/aromatic N) is 2. The predicted octanol–water partition coefficient (Wildman–Crippen LogP) is 4.60. The summed E-state index contributed by atoms with van der Waals surface area (Å²) in [4.78, 5) is 0. The molecule has 1 aromatic heterocycles. The van der Waals surface area contributed by atoms with E-state index in [0.29, 0.717) is 28.7 Å². The molecule has 5 nitrogen and oxygen atoms in total. The average Bonchev–Trinajstić information content (AvgIpc) is 3.14. The maximum absolute atomic E-state index is 6.35. The van der Waals surface area contributed by atoms with Gasteiger partial charge < -0.3 is 14.5 Å². The molecule has 1 N–H and O–H groups in total. The van der Waals surface area contributed by atoms with Crippen LogP contribution in [0.4, 0.5) is 0 Å². The highest BCUT2D eigenvalue weighted by molar-refractivity contribution is 6.31. The number of rotatable bonds is 4. The normalized spacial score (nSPS) is 22.0. The van der Waals surface area contributed by atoms with Gasteiger partial charge in [0.2, 0.25) is 5.89 Å². The topological polar surface area (TPSA) is 60.2 Å². The van der Waals surface area contributed by atoms with Crippen molar-refractivity contribution in [1.82, 2.24) is 15.5 Å². The van der Waals surface area contributed by atoms with Crippen molar-refractivity contribution < 1.29 is 9.15 Å². The summed E-state index contributed by atoms with van der Waals surface area (Å²) >= 11 is 6.35. The molecule has 2 fully saturated rings. The number of halogens is 1. The van der Waals surface area contributed by atoms with Gasteiger partial charge in [0.05, 0.1) is 12.2 Å². The molecule has 2 aliphatic heterocycles. The molecular weight excluding hydrogens is 362 g/mol. The van der Waals surface area contributed by atoms with Crippen LogP contribution in [-0.4, -0.2) is 29.9 Å². The fourth-order valence-corrected chi connectivity index (χ4v) is 5.11. The van der Waals surface area contributed by atoms with Crippen LogP contribution in [0, 0.1) is 11.8 Å². The highest BCUT2D eigenvalue weighted by atomic mass is 35.5. The summed E-state index contributed by atoms with van der Waals surface area (Å²) in [6, 6.07) is 3.88. The lowest BCUT2D eigenvalue weighted by atomic mass is 9.68. The van der Waals surface area contributed by atoms with E-state index in [-0.39, 0.29) is 0 Å². The van der Waals surface area contributed by atoms with Crippen LogP contribution in [-0.2, 0) is 6.42 Å². The second-order valence-electron chi connectivity index (χ2n) is 8.14. The predicted molar refractivity (Wildman–Crippen MR) is 104 cm³/mol. The Morgan fingerprint density at radius 1 is 1.04 bits per heavy atom.